The zero-order valence-electron chi connectivity index (χ0n) is 13.4. The molecule has 24 heavy (non-hydrogen) atoms. The van der Waals surface area contributed by atoms with Crippen LogP contribution >= 0.6 is 11.6 Å². The molecule has 3 rings (SSSR count). The van der Waals surface area contributed by atoms with E-state index >= 15 is 0 Å². The molecule has 6 nitrogen and oxygen atoms in total. The third kappa shape index (κ3) is 2.70. The highest BCUT2D eigenvalue weighted by Gasteiger charge is 2.18. The number of rotatable bonds is 3. The van der Waals surface area contributed by atoms with E-state index in [-0.39, 0.29) is 21.3 Å². The highest BCUT2D eigenvalue weighted by atomic mass is 35.5. The number of hydrogen-bond donors (Lipinski definition) is 1. The zero-order chi connectivity index (χ0) is 17.6. The van der Waals surface area contributed by atoms with Crippen LogP contribution in [0.5, 0.6) is 0 Å². The summed E-state index contributed by atoms with van der Waals surface area (Å²) in [5, 5.41) is 0.222. The van der Waals surface area contributed by atoms with Crippen molar-refractivity contribution in [1.29, 1.82) is 0 Å². The molecule has 1 N–H and O–H groups in total. The standard InChI is InChI=1S/C16H16ClN3O3S/c1-10-4-6-11(7-5-10)24(22,23)18-13-9-15-14(8-12(13)17)19(2)16(21)20(15)3/h4-9,18H,1-3H3. The van der Waals surface area contributed by atoms with Crippen molar-refractivity contribution in [3.63, 3.8) is 0 Å². The molecule has 0 amide bonds. The molecule has 1 heterocycles. The average molecular weight is 366 g/mol. The van der Waals surface area contributed by atoms with Crippen molar-refractivity contribution in [2.24, 2.45) is 14.1 Å². The Hall–Kier alpha value is -2.25. The monoisotopic (exact) mass is 365 g/mol. The van der Waals surface area contributed by atoms with E-state index in [2.05, 4.69) is 4.72 Å². The molecule has 1 aromatic heterocycles. The maximum Gasteiger partial charge on any atom is 0.328 e. The van der Waals surface area contributed by atoms with Crippen molar-refractivity contribution in [1.82, 2.24) is 9.13 Å². The van der Waals surface area contributed by atoms with Gasteiger partial charge in [-0.25, -0.2) is 13.2 Å². The lowest BCUT2D eigenvalue weighted by Gasteiger charge is -2.10. The molecule has 0 spiro atoms. The Morgan fingerprint density at radius 1 is 1.00 bits per heavy atom. The van der Waals surface area contributed by atoms with Crippen LogP contribution in [-0.2, 0) is 24.1 Å². The molecule has 126 valence electrons. The second kappa shape index (κ2) is 5.68. The van der Waals surface area contributed by atoms with Gasteiger partial charge in [-0.1, -0.05) is 29.3 Å². The SMILES string of the molecule is Cc1ccc(S(=O)(=O)Nc2cc3c(cc2Cl)n(C)c(=O)n3C)cc1. The van der Waals surface area contributed by atoms with Crippen molar-refractivity contribution >= 4 is 38.3 Å². The van der Waals surface area contributed by atoms with Crippen LogP contribution in [0.2, 0.25) is 5.02 Å². The van der Waals surface area contributed by atoms with Gasteiger partial charge in [0.1, 0.15) is 0 Å². The number of sulfonamides is 1. The minimum absolute atomic E-state index is 0.145. The number of aryl methyl sites for hydroxylation is 3. The predicted molar refractivity (Wildman–Crippen MR) is 95.2 cm³/mol. The predicted octanol–water partition coefficient (Wildman–Crippen LogP) is 2.64. The highest BCUT2D eigenvalue weighted by Crippen LogP contribution is 2.29. The first-order chi connectivity index (χ1) is 11.2. The summed E-state index contributed by atoms with van der Waals surface area (Å²) in [5.41, 5.74) is 2.21. The molecule has 0 bridgehead atoms. The van der Waals surface area contributed by atoms with Crippen LogP contribution in [0.1, 0.15) is 5.56 Å². The Bertz CT molecular complexity index is 1100. The molecule has 0 saturated heterocycles. The van der Waals surface area contributed by atoms with Crippen molar-refractivity contribution in [2.75, 3.05) is 4.72 Å². The van der Waals surface area contributed by atoms with E-state index in [0.29, 0.717) is 11.0 Å². The summed E-state index contributed by atoms with van der Waals surface area (Å²) in [4.78, 5) is 12.1. The molecule has 0 unspecified atom stereocenters. The Kier molecular flexibility index (Phi) is 3.93. The van der Waals surface area contributed by atoms with Crippen molar-refractivity contribution < 1.29 is 8.42 Å². The van der Waals surface area contributed by atoms with Crippen LogP contribution in [0.15, 0.2) is 46.1 Å². The van der Waals surface area contributed by atoms with Crippen LogP contribution in [0, 0.1) is 6.92 Å². The van der Waals surface area contributed by atoms with Gasteiger partial charge in [-0.2, -0.15) is 0 Å². The third-order valence-electron chi connectivity index (χ3n) is 3.94. The van der Waals surface area contributed by atoms with E-state index in [1.54, 1.807) is 38.4 Å². The van der Waals surface area contributed by atoms with Gasteiger partial charge in [0.25, 0.3) is 10.0 Å². The summed E-state index contributed by atoms with van der Waals surface area (Å²) in [7, 11) is -0.508. The summed E-state index contributed by atoms with van der Waals surface area (Å²) in [6.45, 7) is 1.88. The van der Waals surface area contributed by atoms with Crippen LogP contribution < -0.4 is 10.4 Å². The summed E-state index contributed by atoms with van der Waals surface area (Å²) in [5.74, 6) is 0. The van der Waals surface area contributed by atoms with Gasteiger partial charge in [0.15, 0.2) is 0 Å². The van der Waals surface area contributed by atoms with Gasteiger partial charge >= 0.3 is 5.69 Å². The molecule has 0 aliphatic carbocycles. The van der Waals surface area contributed by atoms with E-state index in [1.807, 2.05) is 6.92 Å². The number of imidazole rings is 1. The number of aromatic nitrogens is 2. The lowest BCUT2D eigenvalue weighted by atomic mass is 10.2. The van der Waals surface area contributed by atoms with E-state index in [9.17, 15) is 13.2 Å². The Morgan fingerprint density at radius 3 is 2.12 bits per heavy atom. The van der Waals surface area contributed by atoms with Crippen LogP contribution in [-0.4, -0.2) is 17.6 Å². The molecule has 0 fully saturated rings. The van der Waals surface area contributed by atoms with E-state index in [1.165, 1.54) is 21.3 Å². The molecule has 0 aliphatic heterocycles. The van der Waals surface area contributed by atoms with Gasteiger partial charge in [0, 0.05) is 14.1 Å². The molecular weight excluding hydrogens is 350 g/mol. The average Bonchev–Trinajstić information content (AvgIpc) is 2.73. The fraction of sp³-hybridized carbons (Fsp3) is 0.188. The van der Waals surface area contributed by atoms with Gasteiger partial charge in [-0.05, 0) is 31.2 Å². The summed E-state index contributed by atoms with van der Waals surface area (Å²) in [6.07, 6.45) is 0. The fourth-order valence-electron chi connectivity index (χ4n) is 2.52. The third-order valence-corrected chi connectivity index (χ3v) is 5.63. The van der Waals surface area contributed by atoms with Crippen molar-refractivity contribution in [2.45, 2.75) is 11.8 Å². The number of fused-ring (bicyclic) bond motifs is 1. The second-order valence-electron chi connectivity index (χ2n) is 5.64. The molecule has 8 heteroatoms. The minimum Gasteiger partial charge on any atom is -0.295 e. The number of nitrogens with one attached hydrogen (secondary N) is 1. The number of nitrogens with zero attached hydrogens (tertiary/aromatic N) is 2. The molecule has 0 saturated carbocycles. The first kappa shape index (κ1) is 16.6. The molecule has 0 aliphatic rings. The summed E-state index contributed by atoms with van der Waals surface area (Å²) < 4.78 is 30.4. The normalized spacial score (nSPS) is 11.8. The number of benzene rings is 2. The summed E-state index contributed by atoms with van der Waals surface area (Å²) >= 11 is 6.20. The smallest absolute Gasteiger partial charge is 0.295 e. The van der Waals surface area contributed by atoms with Crippen molar-refractivity contribution in [3.05, 3.63) is 57.5 Å². The molecule has 0 radical (unpaired) electrons. The minimum atomic E-state index is -3.77. The quantitative estimate of drug-likeness (QED) is 0.775. The van der Waals surface area contributed by atoms with Crippen LogP contribution in [0.3, 0.4) is 0 Å². The van der Waals surface area contributed by atoms with Crippen LogP contribution in [0.25, 0.3) is 11.0 Å². The Balaban J connectivity index is 2.10. The second-order valence-corrected chi connectivity index (χ2v) is 7.73. The summed E-state index contributed by atoms with van der Waals surface area (Å²) in [6, 6.07) is 9.64. The van der Waals surface area contributed by atoms with Gasteiger partial charge in [0.2, 0.25) is 0 Å². The zero-order valence-corrected chi connectivity index (χ0v) is 14.9. The first-order valence-electron chi connectivity index (χ1n) is 7.15. The van der Waals surface area contributed by atoms with Crippen LogP contribution in [0.4, 0.5) is 5.69 Å². The highest BCUT2D eigenvalue weighted by molar-refractivity contribution is 7.92. The molecular formula is C16H16ClN3O3S. The first-order valence-corrected chi connectivity index (χ1v) is 9.01. The topological polar surface area (TPSA) is 73.1 Å². The number of hydrogen-bond acceptors (Lipinski definition) is 3. The van der Waals surface area contributed by atoms with E-state index in [4.69, 9.17) is 11.6 Å². The molecule has 2 aromatic carbocycles. The lowest BCUT2D eigenvalue weighted by molar-refractivity contribution is 0.601. The number of anilines is 1. The Morgan fingerprint density at radius 2 is 1.54 bits per heavy atom. The maximum absolute atomic E-state index is 12.5. The van der Waals surface area contributed by atoms with E-state index in [0.717, 1.165) is 5.56 Å². The van der Waals surface area contributed by atoms with Gasteiger partial charge in [0.05, 0.1) is 26.6 Å². The van der Waals surface area contributed by atoms with Gasteiger partial charge < -0.3 is 0 Å². The molecule has 3 aromatic rings. The van der Waals surface area contributed by atoms with Gasteiger partial charge in [-0.3, -0.25) is 13.9 Å². The molecule has 0 atom stereocenters. The van der Waals surface area contributed by atoms with E-state index < -0.39 is 10.0 Å². The lowest BCUT2D eigenvalue weighted by Crippen LogP contribution is -2.19. The number of halogens is 1. The fourth-order valence-corrected chi connectivity index (χ4v) is 3.85. The largest absolute Gasteiger partial charge is 0.328 e. The maximum atomic E-state index is 12.5. The van der Waals surface area contributed by atoms with Gasteiger partial charge in [-0.15, -0.1) is 0 Å². The Labute approximate surface area is 144 Å². The van der Waals surface area contributed by atoms with Crippen molar-refractivity contribution in [3.8, 4) is 0 Å².